The van der Waals surface area contributed by atoms with Gasteiger partial charge in [-0.3, -0.25) is 19.4 Å². The third kappa shape index (κ3) is 5.30. The van der Waals surface area contributed by atoms with Crippen molar-refractivity contribution in [1.82, 2.24) is 20.4 Å². The summed E-state index contributed by atoms with van der Waals surface area (Å²) < 4.78 is 0. The van der Waals surface area contributed by atoms with Crippen molar-refractivity contribution in [2.45, 2.75) is 19.9 Å². The summed E-state index contributed by atoms with van der Waals surface area (Å²) in [5, 5.41) is 5.61. The van der Waals surface area contributed by atoms with Gasteiger partial charge in [-0.25, -0.2) is 0 Å². The van der Waals surface area contributed by atoms with E-state index >= 15 is 0 Å². The van der Waals surface area contributed by atoms with E-state index in [-0.39, 0.29) is 17.9 Å². The maximum Gasteiger partial charge on any atom is 0.237 e. The first-order valence-corrected chi connectivity index (χ1v) is 7.20. The van der Waals surface area contributed by atoms with E-state index in [1.165, 1.54) is 0 Å². The summed E-state index contributed by atoms with van der Waals surface area (Å²) in [5.74, 6) is 0.0970. The highest BCUT2D eigenvalue weighted by Crippen LogP contribution is 2.06. The highest BCUT2D eigenvalue weighted by atomic mass is 16.2. The van der Waals surface area contributed by atoms with Crippen molar-refractivity contribution in [3.8, 4) is 0 Å². The second kappa shape index (κ2) is 8.71. The van der Waals surface area contributed by atoms with Gasteiger partial charge in [0.15, 0.2) is 0 Å². The number of piperazine rings is 1. The molecule has 2 amide bonds. The van der Waals surface area contributed by atoms with Crippen molar-refractivity contribution in [2.24, 2.45) is 0 Å². The van der Waals surface area contributed by atoms with Crippen LogP contribution < -0.4 is 10.6 Å². The molecule has 1 rings (SSSR count). The minimum atomic E-state index is -0.137. The Kier molecular flexibility index (Phi) is 7.25. The molecule has 1 aliphatic heterocycles. The van der Waals surface area contributed by atoms with Crippen LogP contribution in [-0.2, 0) is 9.59 Å². The van der Waals surface area contributed by atoms with Crippen LogP contribution in [0.15, 0.2) is 12.7 Å². The molecule has 1 atom stereocenters. The molecule has 0 unspecified atom stereocenters. The first-order valence-electron chi connectivity index (χ1n) is 7.20. The quantitative estimate of drug-likeness (QED) is 0.614. The second-order valence-electron chi connectivity index (χ2n) is 4.98. The third-order valence-electron chi connectivity index (χ3n) is 3.50. The Morgan fingerprint density at radius 1 is 1.25 bits per heavy atom. The molecular formula is C14H26N4O2. The minimum Gasteiger partial charge on any atom is -0.355 e. The van der Waals surface area contributed by atoms with Gasteiger partial charge in [-0.15, -0.1) is 6.58 Å². The Morgan fingerprint density at radius 2 is 1.90 bits per heavy atom. The van der Waals surface area contributed by atoms with Crippen LogP contribution in [0.3, 0.4) is 0 Å². The molecule has 0 aliphatic carbocycles. The molecule has 1 saturated heterocycles. The maximum atomic E-state index is 11.9. The van der Waals surface area contributed by atoms with E-state index in [2.05, 4.69) is 27.0 Å². The van der Waals surface area contributed by atoms with Crippen molar-refractivity contribution < 1.29 is 9.59 Å². The Bertz CT molecular complexity index is 338. The monoisotopic (exact) mass is 282 g/mol. The van der Waals surface area contributed by atoms with Gasteiger partial charge in [-0.05, 0) is 13.8 Å². The van der Waals surface area contributed by atoms with E-state index in [1.54, 1.807) is 6.08 Å². The highest BCUT2D eigenvalue weighted by Gasteiger charge is 2.25. The number of likely N-dealkylation sites (N-methyl/N-ethyl adjacent to an activating group) is 1. The molecule has 0 saturated carbocycles. The van der Waals surface area contributed by atoms with Crippen LogP contribution in [0.4, 0.5) is 0 Å². The van der Waals surface area contributed by atoms with Crippen molar-refractivity contribution >= 4 is 11.8 Å². The molecule has 6 heteroatoms. The molecule has 2 N–H and O–H groups in total. The molecule has 0 spiro atoms. The molecule has 0 radical (unpaired) electrons. The third-order valence-corrected chi connectivity index (χ3v) is 3.50. The van der Waals surface area contributed by atoms with Crippen molar-refractivity contribution in [1.29, 1.82) is 0 Å². The summed E-state index contributed by atoms with van der Waals surface area (Å²) in [6.07, 6.45) is 1.68. The SMILES string of the molecule is C=CCNC(=O)[C@H](C)N1CCN(CC(=O)NCC)CC1. The van der Waals surface area contributed by atoms with E-state index in [0.717, 1.165) is 26.2 Å². The second-order valence-corrected chi connectivity index (χ2v) is 4.98. The van der Waals surface area contributed by atoms with Gasteiger partial charge in [-0.1, -0.05) is 6.08 Å². The average molecular weight is 282 g/mol. The van der Waals surface area contributed by atoms with Crippen LogP contribution in [0.25, 0.3) is 0 Å². The fourth-order valence-corrected chi connectivity index (χ4v) is 2.25. The predicted molar refractivity (Wildman–Crippen MR) is 79.4 cm³/mol. The van der Waals surface area contributed by atoms with Crippen LogP contribution >= 0.6 is 0 Å². The molecule has 0 bridgehead atoms. The normalized spacial score (nSPS) is 18.3. The number of hydrogen-bond donors (Lipinski definition) is 2. The number of carbonyl (C=O) groups excluding carboxylic acids is 2. The summed E-state index contributed by atoms with van der Waals surface area (Å²) in [4.78, 5) is 27.6. The van der Waals surface area contributed by atoms with Gasteiger partial charge in [-0.2, -0.15) is 0 Å². The van der Waals surface area contributed by atoms with Crippen LogP contribution in [0.2, 0.25) is 0 Å². The Hall–Kier alpha value is -1.40. The molecule has 1 heterocycles. The first-order chi connectivity index (χ1) is 9.58. The zero-order valence-electron chi connectivity index (χ0n) is 12.5. The fraction of sp³-hybridized carbons (Fsp3) is 0.714. The van der Waals surface area contributed by atoms with E-state index < -0.39 is 0 Å². The maximum absolute atomic E-state index is 11.9. The van der Waals surface area contributed by atoms with Gasteiger partial charge in [0.1, 0.15) is 0 Å². The smallest absolute Gasteiger partial charge is 0.237 e. The van der Waals surface area contributed by atoms with Gasteiger partial charge in [0.2, 0.25) is 11.8 Å². The van der Waals surface area contributed by atoms with Gasteiger partial charge < -0.3 is 10.6 Å². The predicted octanol–water partition coefficient (Wildman–Crippen LogP) is -0.569. The molecule has 114 valence electrons. The summed E-state index contributed by atoms with van der Waals surface area (Å²) in [7, 11) is 0. The Morgan fingerprint density at radius 3 is 2.45 bits per heavy atom. The lowest BCUT2D eigenvalue weighted by atomic mass is 10.2. The van der Waals surface area contributed by atoms with E-state index in [1.807, 2.05) is 13.8 Å². The van der Waals surface area contributed by atoms with Gasteiger partial charge in [0.05, 0.1) is 12.6 Å². The van der Waals surface area contributed by atoms with Gasteiger partial charge in [0, 0.05) is 39.3 Å². The van der Waals surface area contributed by atoms with Crippen LogP contribution in [0.1, 0.15) is 13.8 Å². The van der Waals surface area contributed by atoms with E-state index in [4.69, 9.17) is 0 Å². The van der Waals surface area contributed by atoms with Crippen molar-refractivity contribution in [3.63, 3.8) is 0 Å². The summed E-state index contributed by atoms with van der Waals surface area (Å²) >= 11 is 0. The van der Waals surface area contributed by atoms with E-state index in [0.29, 0.717) is 19.6 Å². The van der Waals surface area contributed by atoms with Crippen LogP contribution in [-0.4, -0.2) is 73.5 Å². The molecule has 6 nitrogen and oxygen atoms in total. The van der Waals surface area contributed by atoms with Crippen LogP contribution in [0.5, 0.6) is 0 Å². The minimum absolute atomic E-state index is 0.0297. The molecule has 20 heavy (non-hydrogen) atoms. The molecule has 1 aliphatic rings. The standard InChI is InChI=1S/C14H26N4O2/c1-4-6-16-14(20)12(3)18-9-7-17(8-10-18)11-13(19)15-5-2/h4,12H,1,5-11H2,2-3H3,(H,15,19)(H,16,20)/t12-/m0/s1. The Labute approximate surface area is 121 Å². The van der Waals surface area contributed by atoms with Crippen molar-refractivity contribution in [3.05, 3.63) is 12.7 Å². The Balaban J connectivity index is 2.32. The first kappa shape index (κ1) is 16.7. The molecule has 1 fully saturated rings. The number of rotatable bonds is 7. The average Bonchev–Trinajstić information content (AvgIpc) is 2.45. The lowest BCUT2D eigenvalue weighted by Crippen LogP contribution is -2.55. The van der Waals surface area contributed by atoms with Gasteiger partial charge in [0.25, 0.3) is 0 Å². The van der Waals surface area contributed by atoms with Gasteiger partial charge >= 0.3 is 0 Å². The highest BCUT2D eigenvalue weighted by molar-refractivity contribution is 5.81. The number of hydrogen-bond acceptors (Lipinski definition) is 4. The van der Waals surface area contributed by atoms with Crippen LogP contribution in [0, 0.1) is 0 Å². The van der Waals surface area contributed by atoms with Crippen molar-refractivity contribution in [2.75, 3.05) is 45.8 Å². The largest absolute Gasteiger partial charge is 0.355 e. The fourth-order valence-electron chi connectivity index (χ4n) is 2.25. The lowest BCUT2D eigenvalue weighted by molar-refractivity contribution is -0.127. The number of carbonyl (C=O) groups is 2. The molecule has 0 aromatic carbocycles. The topological polar surface area (TPSA) is 64.7 Å². The molecule has 0 aromatic rings. The zero-order valence-corrected chi connectivity index (χ0v) is 12.5. The summed E-state index contributed by atoms with van der Waals surface area (Å²) in [6.45, 7) is 12.3. The summed E-state index contributed by atoms with van der Waals surface area (Å²) in [5.41, 5.74) is 0. The number of nitrogens with zero attached hydrogens (tertiary/aromatic N) is 2. The lowest BCUT2D eigenvalue weighted by Gasteiger charge is -2.37. The molecular weight excluding hydrogens is 256 g/mol. The molecule has 0 aromatic heterocycles. The zero-order chi connectivity index (χ0) is 15.0. The number of nitrogens with one attached hydrogen (secondary N) is 2. The number of amides is 2. The van der Waals surface area contributed by atoms with E-state index in [9.17, 15) is 9.59 Å². The summed E-state index contributed by atoms with van der Waals surface area (Å²) in [6, 6.07) is -0.137.